The molecule has 1 N–H and O–H groups in total. The zero-order chi connectivity index (χ0) is 16.7. The van der Waals surface area contributed by atoms with Crippen LogP contribution >= 0.6 is 0 Å². The third-order valence-corrected chi connectivity index (χ3v) is 3.68. The van der Waals surface area contributed by atoms with Gasteiger partial charge in [0.05, 0.1) is 0 Å². The lowest BCUT2D eigenvalue weighted by atomic mass is 10.0. The summed E-state index contributed by atoms with van der Waals surface area (Å²) in [6.07, 6.45) is -5.37. The first-order chi connectivity index (χ1) is 10.0. The Morgan fingerprint density at radius 2 is 1.55 bits per heavy atom. The molecule has 9 heteroatoms. The summed E-state index contributed by atoms with van der Waals surface area (Å²) in [5.41, 5.74) is -3.52. The molecule has 2 aromatic carbocycles. The average molecular weight is 338 g/mol. The minimum absolute atomic E-state index is 0.0520. The summed E-state index contributed by atoms with van der Waals surface area (Å²) in [5.74, 6) is -4.23. The van der Waals surface area contributed by atoms with Crippen LogP contribution in [0.3, 0.4) is 0 Å². The van der Waals surface area contributed by atoms with E-state index in [0.717, 1.165) is 12.1 Å². The summed E-state index contributed by atoms with van der Waals surface area (Å²) in [7, 11) is -5.14. The molecule has 0 saturated heterocycles. The summed E-state index contributed by atoms with van der Waals surface area (Å²) < 4.78 is 97.4. The summed E-state index contributed by atoms with van der Waals surface area (Å²) in [6, 6.07) is 6.31. The van der Waals surface area contributed by atoms with Crippen LogP contribution in [0.2, 0.25) is 0 Å². The second kappa shape index (κ2) is 5.33. The van der Waals surface area contributed by atoms with Gasteiger partial charge in [-0.15, -0.1) is 0 Å². The van der Waals surface area contributed by atoms with Crippen LogP contribution in [-0.4, -0.2) is 13.0 Å². The molecule has 0 aliphatic rings. The molecule has 0 aliphatic heterocycles. The molecule has 0 aromatic heterocycles. The van der Waals surface area contributed by atoms with Gasteiger partial charge in [0, 0.05) is 5.56 Å². The Balaban J connectivity index is 2.96. The number of halogens is 5. The van der Waals surface area contributed by atoms with Gasteiger partial charge in [-0.2, -0.15) is 21.6 Å². The number of hydrogen-bond acceptors (Lipinski definition) is 2. The van der Waals surface area contributed by atoms with Crippen molar-refractivity contribution in [1.82, 2.24) is 0 Å². The molecule has 0 fully saturated rings. The van der Waals surface area contributed by atoms with Gasteiger partial charge in [0.1, 0.15) is 22.1 Å². The maximum absolute atomic E-state index is 14.2. The molecule has 0 saturated carbocycles. The highest BCUT2D eigenvalue weighted by molar-refractivity contribution is 7.86. The zero-order valence-electron chi connectivity index (χ0n) is 10.5. The van der Waals surface area contributed by atoms with Crippen LogP contribution < -0.4 is 0 Å². The first-order valence-electron chi connectivity index (χ1n) is 5.65. The van der Waals surface area contributed by atoms with Gasteiger partial charge in [-0.05, 0) is 11.6 Å². The highest BCUT2D eigenvalue weighted by Crippen LogP contribution is 2.40. The van der Waals surface area contributed by atoms with Crippen LogP contribution in [0.4, 0.5) is 22.0 Å². The Morgan fingerprint density at radius 3 is 2.00 bits per heavy atom. The van der Waals surface area contributed by atoms with Gasteiger partial charge >= 0.3 is 6.18 Å². The lowest BCUT2D eigenvalue weighted by Gasteiger charge is -2.15. The molecule has 2 aromatic rings. The van der Waals surface area contributed by atoms with Gasteiger partial charge in [-0.1, -0.05) is 30.3 Å². The first-order valence-corrected chi connectivity index (χ1v) is 7.09. The fourth-order valence-corrected chi connectivity index (χ4v) is 2.65. The van der Waals surface area contributed by atoms with Crippen molar-refractivity contribution in [3.63, 3.8) is 0 Å². The standard InChI is InChI=1S/C13H7F5O3S/c14-8-6-9(22(19,20)21)10(7-4-2-1-3-5-7)12(15)11(8)13(16,17)18/h1-6H,(H,19,20,21). The van der Waals surface area contributed by atoms with Crippen molar-refractivity contribution in [2.75, 3.05) is 0 Å². The monoisotopic (exact) mass is 338 g/mol. The Hall–Kier alpha value is -2.00. The second-order valence-electron chi connectivity index (χ2n) is 4.26. The molecule has 0 heterocycles. The lowest BCUT2D eigenvalue weighted by molar-refractivity contribution is -0.142. The summed E-state index contributed by atoms with van der Waals surface area (Å²) >= 11 is 0. The van der Waals surface area contributed by atoms with E-state index in [1.54, 1.807) is 0 Å². The van der Waals surface area contributed by atoms with Crippen LogP contribution in [-0.2, 0) is 16.3 Å². The van der Waals surface area contributed by atoms with Crippen molar-refractivity contribution < 1.29 is 34.9 Å². The van der Waals surface area contributed by atoms with Gasteiger partial charge < -0.3 is 0 Å². The molecule has 0 spiro atoms. The second-order valence-corrected chi connectivity index (χ2v) is 5.65. The van der Waals surface area contributed by atoms with E-state index in [9.17, 15) is 30.4 Å². The summed E-state index contributed by atoms with van der Waals surface area (Å²) in [6.45, 7) is 0. The SMILES string of the molecule is O=S(=O)(O)c1cc(F)c(C(F)(F)F)c(F)c1-c1ccccc1. The van der Waals surface area contributed by atoms with E-state index >= 15 is 0 Å². The van der Waals surface area contributed by atoms with E-state index in [1.807, 2.05) is 0 Å². The highest BCUT2D eigenvalue weighted by Gasteiger charge is 2.41. The van der Waals surface area contributed by atoms with Gasteiger partial charge in [0.15, 0.2) is 0 Å². The first kappa shape index (κ1) is 16.4. The molecular weight excluding hydrogens is 331 g/mol. The normalized spacial score (nSPS) is 12.5. The van der Waals surface area contributed by atoms with Crippen LogP contribution in [0, 0.1) is 11.6 Å². The number of benzene rings is 2. The van der Waals surface area contributed by atoms with Gasteiger partial charge in [-0.3, -0.25) is 4.55 Å². The largest absolute Gasteiger partial charge is 0.422 e. The lowest BCUT2D eigenvalue weighted by Crippen LogP contribution is -2.15. The Kier molecular flexibility index (Phi) is 3.96. The molecule has 3 nitrogen and oxygen atoms in total. The molecule has 0 atom stereocenters. The van der Waals surface area contributed by atoms with Gasteiger partial charge in [-0.25, -0.2) is 8.78 Å². The third-order valence-electron chi connectivity index (χ3n) is 2.81. The highest BCUT2D eigenvalue weighted by atomic mass is 32.2. The quantitative estimate of drug-likeness (QED) is 0.667. The van der Waals surface area contributed by atoms with Gasteiger partial charge in [0.2, 0.25) is 0 Å². The number of rotatable bonds is 2. The Morgan fingerprint density at radius 1 is 1.00 bits per heavy atom. The van der Waals surface area contributed by atoms with Crippen molar-refractivity contribution in [1.29, 1.82) is 0 Å². The van der Waals surface area contributed by atoms with Gasteiger partial charge in [0.25, 0.3) is 10.1 Å². The van der Waals surface area contributed by atoms with Crippen LogP contribution in [0.5, 0.6) is 0 Å². The smallest absolute Gasteiger partial charge is 0.282 e. The van der Waals surface area contributed by atoms with E-state index < -0.39 is 44.0 Å². The molecule has 0 amide bonds. The Bertz CT molecular complexity index is 814. The fourth-order valence-electron chi connectivity index (χ4n) is 1.93. The molecule has 0 bridgehead atoms. The molecule has 0 unspecified atom stereocenters. The third kappa shape index (κ3) is 2.95. The Labute approximate surface area is 121 Å². The van der Waals surface area contributed by atoms with E-state index in [0.29, 0.717) is 0 Å². The molecule has 118 valence electrons. The van der Waals surface area contributed by atoms with Crippen LogP contribution in [0.25, 0.3) is 11.1 Å². The molecule has 0 radical (unpaired) electrons. The maximum Gasteiger partial charge on any atom is 0.422 e. The maximum atomic E-state index is 14.2. The summed E-state index contributed by atoms with van der Waals surface area (Å²) in [4.78, 5) is -1.28. The zero-order valence-corrected chi connectivity index (χ0v) is 11.3. The molecule has 0 aliphatic carbocycles. The fraction of sp³-hybridized carbons (Fsp3) is 0.0769. The van der Waals surface area contributed by atoms with E-state index in [2.05, 4.69) is 0 Å². The van der Waals surface area contributed by atoms with Crippen molar-refractivity contribution in [3.8, 4) is 11.1 Å². The average Bonchev–Trinajstić information content (AvgIpc) is 2.36. The van der Waals surface area contributed by atoms with E-state index in [-0.39, 0.29) is 11.6 Å². The molecular formula is C13H7F5O3S. The predicted molar refractivity (Wildman–Crippen MR) is 66.6 cm³/mol. The summed E-state index contributed by atoms with van der Waals surface area (Å²) in [5, 5.41) is 0. The van der Waals surface area contributed by atoms with Crippen LogP contribution in [0.15, 0.2) is 41.3 Å². The predicted octanol–water partition coefficient (Wildman–Crippen LogP) is 3.90. The van der Waals surface area contributed by atoms with E-state index in [4.69, 9.17) is 4.55 Å². The molecule has 2 rings (SSSR count). The van der Waals surface area contributed by atoms with Crippen molar-refractivity contribution in [3.05, 3.63) is 53.6 Å². The van der Waals surface area contributed by atoms with Crippen molar-refractivity contribution in [2.45, 2.75) is 11.1 Å². The van der Waals surface area contributed by atoms with E-state index in [1.165, 1.54) is 18.2 Å². The minimum atomic E-state index is -5.37. The van der Waals surface area contributed by atoms with Crippen molar-refractivity contribution in [2.24, 2.45) is 0 Å². The number of alkyl halides is 3. The van der Waals surface area contributed by atoms with Crippen LogP contribution in [0.1, 0.15) is 5.56 Å². The topological polar surface area (TPSA) is 54.4 Å². The van der Waals surface area contributed by atoms with Crippen molar-refractivity contribution >= 4 is 10.1 Å². The molecule has 22 heavy (non-hydrogen) atoms. The number of hydrogen-bond donors (Lipinski definition) is 1. The minimum Gasteiger partial charge on any atom is -0.282 e.